The molecule has 0 atom stereocenters. The Balaban J connectivity index is 2.40. The molecule has 4 nitrogen and oxygen atoms in total. The minimum atomic E-state index is 0.218. The van der Waals surface area contributed by atoms with Crippen LogP contribution < -0.4 is 4.74 Å². The number of nitrogens with zero attached hydrogens (tertiary/aromatic N) is 2. The summed E-state index contributed by atoms with van der Waals surface area (Å²) in [6.45, 7) is 1.97. The van der Waals surface area contributed by atoms with Crippen molar-refractivity contribution in [3.05, 3.63) is 29.7 Å². The fourth-order valence-corrected chi connectivity index (χ4v) is 1.49. The zero-order valence-corrected chi connectivity index (χ0v) is 9.78. The molecule has 0 unspecified atom stereocenters. The zero-order valence-electron chi connectivity index (χ0n) is 9.03. The van der Waals surface area contributed by atoms with E-state index in [1.165, 1.54) is 0 Å². The van der Waals surface area contributed by atoms with E-state index >= 15 is 0 Å². The van der Waals surface area contributed by atoms with Gasteiger partial charge in [-0.1, -0.05) is 6.07 Å². The second-order valence-electron chi connectivity index (χ2n) is 3.32. The van der Waals surface area contributed by atoms with Crippen LogP contribution in [0.3, 0.4) is 0 Å². The molecule has 0 saturated carbocycles. The maximum Gasteiger partial charge on any atom is 0.247 e. The smallest absolute Gasteiger partial charge is 0.247 e. The van der Waals surface area contributed by atoms with E-state index in [4.69, 9.17) is 20.8 Å². The molecule has 0 aliphatic rings. The molecular weight excluding hydrogens is 228 g/mol. The summed E-state index contributed by atoms with van der Waals surface area (Å²) in [6.07, 6.45) is 0. The molecule has 1 heterocycles. The monoisotopic (exact) mass is 238 g/mol. The fourth-order valence-electron chi connectivity index (χ4n) is 1.38. The Bertz CT molecular complexity index is 496. The maximum absolute atomic E-state index is 5.59. The zero-order chi connectivity index (χ0) is 11.5. The van der Waals surface area contributed by atoms with Gasteiger partial charge in [0.2, 0.25) is 11.8 Å². The molecule has 0 fully saturated rings. The number of aryl methyl sites for hydroxylation is 1. The van der Waals surface area contributed by atoms with Gasteiger partial charge in [0.25, 0.3) is 0 Å². The SMILES string of the molecule is COc1cc(-c2nnc(CCl)o2)ccc1C. The van der Waals surface area contributed by atoms with Gasteiger partial charge in [0.05, 0.1) is 7.11 Å². The van der Waals surface area contributed by atoms with Crippen LogP contribution in [-0.4, -0.2) is 17.3 Å². The van der Waals surface area contributed by atoms with Crippen LogP contribution in [0.4, 0.5) is 0 Å². The molecule has 1 aromatic heterocycles. The third kappa shape index (κ3) is 2.02. The Morgan fingerprint density at radius 3 is 2.81 bits per heavy atom. The Hall–Kier alpha value is -1.55. The van der Waals surface area contributed by atoms with Crippen molar-refractivity contribution < 1.29 is 9.15 Å². The molecule has 0 aliphatic carbocycles. The summed E-state index contributed by atoms with van der Waals surface area (Å²) in [7, 11) is 1.63. The average Bonchev–Trinajstić information content (AvgIpc) is 2.78. The van der Waals surface area contributed by atoms with Gasteiger partial charge >= 0.3 is 0 Å². The van der Waals surface area contributed by atoms with Gasteiger partial charge in [-0.05, 0) is 24.6 Å². The molecule has 2 rings (SSSR count). The minimum absolute atomic E-state index is 0.218. The van der Waals surface area contributed by atoms with Crippen LogP contribution in [-0.2, 0) is 5.88 Å². The standard InChI is InChI=1S/C11H11ClN2O2/c1-7-3-4-8(5-9(7)15-2)11-14-13-10(6-12)16-11/h3-5H,6H2,1-2H3. The third-order valence-electron chi connectivity index (χ3n) is 2.24. The van der Waals surface area contributed by atoms with E-state index < -0.39 is 0 Å². The summed E-state index contributed by atoms with van der Waals surface area (Å²) in [5.74, 6) is 1.88. The molecule has 0 aliphatic heterocycles. The number of hydrogen-bond donors (Lipinski definition) is 0. The van der Waals surface area contributed by atoms with Crippen molar-refractivity contribution in [1.82, 2.24) is 10.2 Å². The molecule has 5 heteroatoms. The van der Waals surface area contributed by atoms with E-state index in [2.05, 4.69) is 10.2 Å². The molecule has 0 saturated heterocycles. The number of rotatable bonds is 3. The molecule has 0 spiro atoms. The normalized spacial score (nSPS) is 10.4. The van der Waals surface area contributed by atoms with E-state index in [-0.39, 0.29) is 5.88 Å². The maximum atomic E-state index is 5.59. The molecule has 16 heavy (non-hydrogen) atoms. The fraction of sp³-hybridized carbons (Fsp3) is 0.273. The Morgan fingerprint density at radius 1 is 1.38 bits per heavy atom. The first kappa shape index (κ1) is 11.0. The summed E-state index contributed by atoms with van der Waals surface area (Å²) in [5, 5.41) is 7.71. The second kappa shape index (κ2) is 4.53. The van der Waals surface area contributed by atoms with Crippen molar-refractivity contribution in [2.24, 2.45) is 0 Å². The highest BCUT2D eigenvalue weighted by molar-refractivity contribution is 6.16. The highest BCUT2D eigenvalue weighted by Gasteiger charge is 2.09. The quantitative estimate of drug-likeness (QED) is 0.772. The first-order valence-electron chi connectivity index (χ1n) is 4.78. The number of hydrogen-bond acceptors (Lipinski definition) is 4. The Morgan fingerprint density at radius 2 is 2.19 bits per heavy atom. The highest BCUT2D eigenvalue weighted by Crippen LogP contribution is 2.26. The van der Waals surface area contributed by atoms with Crippen molar-refractivity contribution in [3.8, 4) is 17.2 Å². The molecule has 84 valence electrons. The van der Waals surface area contributed by atoms with Gasteiger partial charge in [-0.25, -0.2) is 0 Å². The summed E-state index contributed by atoms with van der Waals surface area (Å²) in [5.41, 5.74) is 1.88. The lowest BCUT2D eigenvalue weighted by molar-refractivity contribution is 0.411. The van der Waals surface area contributed by atoms with Crippen molar-refractivity contribution in [2.75, 3.05) is 7.11 Å². The number of ether oxygens (including phenoxy) is 1. The highest BCUT2D eigenvalue weighted by atomic mass is 35.5. The lowest BCUT2D eigenvalue weighted by Gasteiger charge is -2.04. The first-order chi connectivity index (χ1) is 7.74. The van der Waals surface area contributed by atoms with E-state index in [9.17, 15) is 0 Å². The predicted octanol–water partition coefficient (Wildman–Crippen LogP) is 2.79. The van der Waals surface area contributed by atoms with Crippen molar-refractivity contribution in [1.29, 1.82) is 0 Å². The molecule has 0 amide bonds. The predicted molar refractivity (Wildman–Crippen MR) is 60.6 cm³/mol. The molecule has 0 N–H and O–H groups in total. The number of alkyl halides is 1. The topological polar surface area (TPSA) is 48.2 Å². The van der Waals surface area contributed by atoms with E-state index in [1.807, 2.05) is 25.1 Å². The average molecular weight is 239 g/mol. The van der Waals surface area contributed by atoms with E-state index in [0.29, 0.717) is 11.8 Å². The van der Waals surface area contributed by atoms with Crippen LogP contribution in [0.5, 0.6) is 5.75 Å². The van der Waals surface area contributed by atoms with Crippen LogP contribution in [0.2, 0.25) is 0 Å². The molecule has 2 aromatic rings. The largest absolute Gasteiger partial charge is 0.496 e. The summed E-state index contributed by atoms with van der Waals surface area (Å²) >= 11 is 5.59. The van der Waals surface area contributed by atoms with Gasteiger partial charge in [0, 0.05) is 5.56 Å². The Labute approximate surface area is 98.2 Å². The molecular formula is C11H11ClN2O2. The van der Waals surface area contributed by atoms with Crippen LogP contribution in [0.1, 0.15) is 11.5 Å². The van der Waals surface area contributed by atoms with Crippen molar-refractivity contribution >= 4 is 11.6 Å². The first-order valence-corrected chi connectivity index (χ1v) is 5.31. The van der Waals surface area contributed by atoms with E-state index in [1.54, 1.807) is 7.11 Å². The summed E-state index contributed by atoms with van der Waals surface area (Å²) < 4.78 is 10.6. The molecule has 1 aromatic carbocycles. The van der Waals surface area contributed by atoms with E-state index in [0.717, 1.165) is 16.9 Å². The number of benzene rings is 1. The van der Waals surface area contributed by atoms with Gasteiger partial charge in [0.15, 0.2) is 0 Å². The lowest BCUT2D eigenvalue weighted by Crippen LogP contribution is -1.88. The molecule has 0 bridgehead atoms. The van der Waals surface area contributed by atoms with Crippen molar-refractivity contribution in [3.63, 3.8) is 0 Å². The van der Waals surface area contributed by atoms with Gasteiger partial charge < -0.3 is 9.15 Å². The van der Waals surface area contributed by atoms with Gasteiger partial charge in [-0.2, -0.15) is 0 Å². The summed E-state index contributed by atoms with van der Waals surface area (Å²) in [6, 6.07) is 5.71. The van der Waals surface area contributed by atoms with Crippen LogP contribution >= 0.6 is 11.6 Å². The van der Waals surface area contributed by atoms with Gasteiger partial charge in [-0.3, -0.25) is 0 Å². The van der Waals surface area contributed by atoms with Gasteiger partial charge in [0.1, 0.15) is 11.6 Å². The number of halogens is 1. The summed E-state index contributed by atoms with van der Waals surface area (Å²) in [4.78, 5) is 0. The number of methoxy groups -OCH3 is 1. The van der Waals surface area contributed by atoms with Crippen LogP contribution in [0.15, 0.2) is 22.6 Å². The third-order valence-corrected chi connectivity index (χ3v) is 2.46. The second-order valence-corrected chi connectivity index (χ2v) is 3.59. The Kier molecular flexibility index (Phi) is 3.10. The van der Waals surface area contributed by atoms with Crippen molar-refractivity contribution in [2.45, 2.75) is 12.8 Å². The lowest BCUT2D eigenvalue weighted by atomic mass is 10.1. The molecule has 0 radical (unpaired) electrons. The number of aromatic nitrogens is 2. The minimum Gasteiger partial charge on any atom is -0.496 e. The van der Waals surface area contributed by atoms with Crippen LogP contribution in [0.25, 0.3) is 11.5 Å². The van der Waals surface area contributed by atoms with Gasteiger partial charge in [-0.15, -0.1) is 21.8 Å². The van der Waals surface area contributed by atoms with Crippen LogP contribution in [0, 0.1) is 6.92 Å².